The normalized spacial score (nSPS) is 18.2. The first-order valence-corrected chi connectivity index (χ1v) is 8.50. The summed E-state index contributed by atoms with van der Waals surface area (Å²) in [4.78, 5) is 1.42. The molecule has 5 heteroatoms. The Morgan fingerprint density at radius 1 is 1.26 bits per heavy atom. The molecule has 0 fully saturated rings. The van der Waals surface area contributed by atoms with Gasteiger partial charge in [-0.15, -0.1) is 11.3 Å². The lowest BCUT2D eigenvalue weighted by molar-refractivity contribution is 0.609. The molecular weight excluding hydrogens is 365 g/mol. The van der Waals surface area contributed by atoms with Crippen molar-refractivity contribution in [2.45, 2.75) is 25.3 Å². The quantitative estimate of drug-likeness (QED) is 0.647. The van der Waals surface area contributed by atoms with Gasteiger partial charge in [-0.05, 0) is 65.0 Å². The zero-order chi connectivity index (χ0) is 13.4. The van der Waals surface area contributed by atoms with Crippen LogP contribution in [0.1, 0.15) is 29.3 Å². The largest absolute Gasteiger partial charge is 0.378 e. The Kier molecular flexibility index (Phi) is 4.08. The molecule has 0 amide bonds. The van der Waals surface area contributed by atoms with Gasteiger partial charge in [0.2, 0.25) is 0 Å². The molecule has 1 aromatic heterocycles. The second-order valence-corrected chi connectivity index (χ2v) is 7.68. The maximum absolute atomic E-state index is 6.13. The molecule has 1 N–H and O–H groups in total. The molecule has 1 unspecified atom stereocenters. The van der Waals surface area contributed by atoms with Crippen LogP contribution in [0.5, 0.6) is 0 Å². The summed E-state index contributed by atoms with van der Waals surface area (Å²) in [7, 11) is 0. The monoisotopic (exact) mass is 375 g/mol. The van der Waals surface area contributed by atoms with E-state index in [1.165, 1.54) is 16.9 Å². The zero-order valence-electron chi connectivity index (χ0n) is 10.1. The van der Waals surface area contributed by atoms with Gasteiger partial charge in [0.05, 0.1) is 15.4 Å². The standard InChI is InChI=1S/C14H12BrCl2NS/c15-10-6-8(4-5-11(10)16)18-12-2-1-3-13-9(12)7-14(17)19-13/h4-7,12,18H,1-3H2. The number of fused-ring (bicyclic) bond motifs is 1. The molecule has 0 saturated heterocycles. The number of rotatable bonds is 2. The third kappa shape index (κ3) is 2.94. The highest BCUT2D eigenvalue weighted by atomic mass is 79.9. The minimum atomic E-state index is 0.348. The van der Waals surface area contributed by atoms with E-state index in [9.17, 15) is 0 Å². The Hall–Kier alpha value is -0.220. The molecule has 100 valence electrons. The smallest absolute Gasteiger partial charge is 0.0934 e. The van der Waals surface area contributed by atoms with Gasteiger partial charge in [0.15, 0.2) is 0 Å². The first-order valence-electron chi connectivity index (χ1n) is 6.13. The maximum Gasteiger partial charge on any atom is 0.0934 e. The molecule has 3 rings (SSSR count). The van der Waals surface area contributed by atoms with Gasteiger partial charge in [-0.25, -0.2) is 0 Å². The van der Waals surface area contributed by atoms with E-state index >= 15 is 0 Å². The summed E-state index contributed by atoms with van der Waals surface area (Å²) in [5.41, 5.74) is 2.43. The summed E-state index contributed by atoms with van der Waals surface area (Å²) >= 11 is 17.3. The van der Waals surface area contributed by atoms with Crippen molar-refractivity contribution < 1.29 is 0 Å². The van der Waals surface area contributed by atoms with Crippen molar-refractivity contribution >= 4 is 56.2 Å². The minimum Gasteiger partial charge on any atom is -0.378 e. The van der Waals surface area contributed by atoms with E-state index in [4.69, 9.17) is 23.2 Å². The Bertz CT molecular complexity index is 611. The van der Waals surface area contributed by atoms with Crippen LogP contribution in [0.25, 0.3) is 0 Å². The van der Waals surface area contributed by atoms with Crippen LogP contribution < -0.4 is 5.32 Å². The zero-order valence-corrected chi connectivity index (χ0v) is 14.0. The summed E-state index contributed by atoms with van der Waals surface area (Å²) < 4.78 is 1.80. The molecule has 0 spiro atoms. The lowest BCUT2D eigenvalue weighted by atomic mass is 9.94. The average Bonchev–Trinajstić information content (AvgIpc) is 2.75. The molecule has 0 aliphatic heterocycles. The van der Waals surface area contributed by atoms with E-state index in [0.717, 1.165) is 32.4 Å². The molecule has 1 aliphatic rings. The molecule has 1 aliphatic carbocycles. The Labute approximate surface area is 135 Å². The van der Waals surface area contributed by atoms with Crippen molar-refractivity contribution in [3.8, 4) is 0 Å². The van der Waals surface area contributed by atoms with E-state index in [1.54, 1.807) is 11.3 Å². The second kappa shape index (κ2) is 5.65. The van der Waals surface area contributed by atoms with Gasteiger partial charge >= 0.3 is 0 Å². The molecular formula is C14H12BrCl2NS. The van der Waals surface area contributed by atoms with Crippen LogP contribution in [0, 0.1) is 0 Å². The van der Waals surface area contributed by atoms with Gasteiger partial charge in [-0.3, -0.25) is 0 Å². The van der Waals surface area contributed by atoms with E-state index in [1.807, 2.05) is 18.2 Å². The van der Waals surface area contributed by atoms with Crippen LogP contribution >= 0.6 is 50.5 Å². The molecule has 0 bridgehead atoms. The molecule has 2 aromatic rings. The molecule has 19 heavy (non-hydrogen) atoms. The molecule has 1 atom stereocenters. The molecule has 1 nitrogen and oxygen atoms in total. The van der Waals surface area contributed by atoms with E-state index < -0.39 is 0 Å². The first kappa shape index (κ1) is 13.7. The lowest BCUT2D eigenvalue weighted by Gasteiger charge is -2.24. The summed E-state index contributed by atoms with van der Waals surface area (Å²) in [5, 5.41) is 4.31. The fraction of sp³-hybridized carbons (Fsp3) is 0.286. The van der Waals surface area contributed by atoms with Gasteiger partial charge in [0, 0.05) is 15.0 Å². The number of nitrogens with one attached hydrogen (secondary N) is 1. The van der Waals surface area contributed by atoms with Crippen molar-refractivity contribution in [3.05, 3.63) is 48.5 Å². The summed E-state index contributed by atoms with van der Waals surface area (Å²) in [6.07, 6.45) is 3.49. The topological polar surface area (TPSA) is 12.0 Å². The van der Waals surface area contributed by atoms with Gasteiger partial charge in [0.25, 0.3) is 0 Å². The van der Waals surface area contributed by atoms with Crippen molar-refractivity contribution in [3.63, 3.8) is 0 Å². The van der Waals surface area contributed by atoms with Crippen molar-refractivity contribution in [1.29, 1.82) is 0 Å². The summed E-state index contributed by atoms with van der Waals surface area (Å²) in [5.74, 6) is 0. The number of aryl methyl sites for hydroxylation is 1. The number of hydrogen-bond donors (Lipinski definition) is 1. The maximum atomic E-state index is 6.13. The Balaban J connectivity index is 1.86. The van der Waals surface area contributed by atoms with E-state index in [2.05, 4.69) is 27.3 Å². The lowest BCUT2D eigenvalue weighted by Crippen LogP contribution is -2.15. The number of anilines is 1. The van der Waals surface area contributed by atoms with Gasteiger partial charge in [0.1, 0.15) is 0 Å². The van der Waals surface area contributed by atoms with Crippen LogP contribution in [0.15, 0.2) is 28.7 Å². The third-order valence-corrected chi connectivity index (χ3v) is 5.90. The third-order valence-electron chi connectivity index (χ3n) is 3.34. The fourth-order valence-corrected chi connectivity index (χ4v) is 4.34. The first-order chi connectivity index (χ1) is 9.13. The second-order valence-electron chi connectivity index (χ2n) is 4.65. The Morgan fingerprint density at radius 2 is 2.11 bits per heavy atom. The van der Waals surface area contributed by atoms with Crippen LogP contribution in [0.4, 0.5) is 5.69 Å². The fourth-order valence-electron chi connectivity index (χ4n) is 2.46. The van der Waals surface area contributed by atoms with Gasteiger partial charge in [-0.1, -0.05) is 23.2 Å². The minimum absolute atomic E-state index is 0.348. The van der Waals surface area contributed by atoms with Crippen LogP contribution in [0.2, 0.25) is 9.36 Å². The number of thiophene rings is 1. The molecule has 1 aromatic carbocycles. The molecule has 0 saturated carbocycles. The average molecular weight is 377 g/mol. The number of hydrogen-bond acceptors (Lipinski definition) is 2. The summed E-state index contributed by atoms with van der Waals surface area (Å²) in [6.45, 7) is 0. The number of benzene rings is 1. The summed E-state index contributed by atoms with van der Waals surface area (Å²) in [6, 6.07) is 8.38. The molecule has 1 heterocycles. The predicted molar refractivity (Wildman–Crippen MR) is 87.8 cm³/mol. The van der Waals surface area contributed by atoms with Crippen LogP contribution in [0.3, 0.4) is 0 Å². The van der Waals surface area contributed by atoms with E-state index in [-0.39, 0.29) is 0 Å². The highest BCUT2D eigenvalue weighted by Crippen LogP contribution is 2.39. The SMILES string of the molecule is Clc1cc2c(s1)CCCC2Nc1ccc(Cl)c(Br)c1. The Morgan fingerprint density at radius 3 is 2.89 bits per heavy atom. The number of halogens is 3. The van der Waals surface area contributed by atoms with Crippen LogP contribution in [-0.2, 0) is 6.42 Å². The van der Waals surface area contributed by atoms with Crippen molar-refractivity contribution in [2.24, 2.45) is 0 Å². The van der Waals surface area contributed by atoms with Gasteiger partial charge in [-0.2, -0.15) is 0 Å². The molecule has 0 radical (unpaired) electrons. The van der Waals surface area contributed by atoms with Crippen molar-refractivity contribution in [1.82, 2.24) is 0 Å². The highest BCUT2D eigenvalue weighted by molar-refractivity contribution is 9.10. The predicted octanol–water partition coefficient (Wildman–Crippen LogP) is 6.31. The highest BCUT2D eigenvalue weighted by Gasteiger charge is 2.22. The van der Waals surface area contributed by atoms with Gasteiger partial charge < -0.3 is 5.32 Å². The van der Waals surface area contributed by atoms with Crippen molar-refractivity contribution in [2.75, 3.05) is 5.32 Å². The van der Waals surface area contributed by atoms with Crippen LogP contribution in [-0.4, -0.2) is 0 Å². The van der Waals surface area contributed by atoms with E-state index in [0.29, 0.717) is 6.04 Å².